The van der Waals surface area contributed by atoms with E-state index in [0.29, 0.717) is 58.5 Å². The molecule has 1 heterocycles. The molecule has 3 aromatic rings. The number of ketones is 1. The van der Waals surface area contributed by atoms with Crippen molar-refractivity contribution in [3.8, 4) is 16.9 Å². The summed E-state index contributed by atoms with van der Waals surface area (Å²) in [6.07, 6.45) is 0.878. The number of hydrogen-bond acceptors (Lipinski definition) is 4. The van der Waals surface area contributed by atoms with Crippen molar-refractivity contribution in [1.82, 2.24) is 4.90 Å². The number of hydrogen-bond donors (Lipinski definition) is 1. The summed E-state index contributed by atoms with van der Waals surface area (Å²) in [6, 6.07) is 15.6. The Hall–Kier alpha value is -4.00. The van der Waals surface area contributed by atoms with E-state index in [1.54, 1.807) is 35.2 Å². The Morgan fingerprint density at radius 2 is 1.83 bits per heavy atom. The molecule has 1 aliphatic heterocycles. The maximum absolute atomic E-state index is 14.8. The SMILES string of the molecule is COc1ccc(CC(=O)O)cc1-c1ccc(F)c2c1CN(C(=O)C1CC(=O)c3ccccc3C1)CC2. The van der Waals surface area contributed by atoms with Gasteiger partial charge < -0.3 is 14.7 Å². The quantitative estimate of drug-likeness (QED) is 0.575. The minimum Gasteiger partial charge on any atom is -0.496 e. The second-order valence-corrected chi connectivity index (χ2v) is 9.35. The molecule has 0 radical (unpaired) electrons. The van der Waals surface area contributed by atoms with Crippen molar-refractivity contribution in [3.05, 3.63) is 88.2 Å². The van der Waals surface area contributed by atoms with E-state index in [1.165, 1.54) is 13.2 Å². The molecule has 3 aromatic carbocycles. The van der Waals surface area contributed by atoms with Crippen LogP contribution in [0.25, 0.3) is 11.1 Å². The van der Waals surface area contributed by atoms with Crippen LogP contribution in [-0.2, 0) is 35.4 Å². The molecule has 0 fully saturated rings. The maximum Gasteiger partial charge on any atom is 0.307 e. The van der Waals surface area contributed by atoms with Crippen LogP contribution in [-0.4, -0.2) is 41.3 Å². The van der Waals surface area contributed by atoms with Gasteiger partial charge in [0.1, 0.15) is 11.6 Å². The van der Waals surface area contributed by atoms with E-state index in [0.717, 1.165) is 5.56 Å². The Balaban J connectivity index is 1.48. The van der Waals surface area contributed by atoms with Crippen molar-refractivity contribution < 1.29 is 28.6 Å². The molecule has 7 heteroatoms. The second-order valence-electron chi connectivity index (χ2n) is 9.35. The summed E-state index contributed by atoms with van der Waals surface area (Å²) in [7, 11) is 1.53. The van der Waals surface area contributed by atoms with E-state index in [1.807, 2.05) is 18.2 Å². The molecule has 0 saturated heterocycles. The van der Waals surface area contributed by atoms with Gasteiger partial charge in [-0.3, -0.25) is 14.4 Å². The van der Waals surface area contributed by atoms with Crippen LogP contribution in [0.15, 0.2) is 54.6 Å². The highest BCUT2D eigenvalue weighted by Crippen LogP contribution is 2.38. The van der Waals surface area contributed by atoms with Gasteiger partial charge in [-0.25, -0.2) is 4.39 Å². The maximum atomic E-state index is 14.8. The Bertz CT molecular complexity index is 1380. The molecule has 0 bridgehead atoms. The van der Waals surface area contributed by atoms with Crippen LogP contribution in [0.2, 0.25) is 0 Å². The first-order valence-electron chi connectivity index (χ1n) is 11.9. The molecule has 0 saturated carbocycles. The van der Waals surface area contributed by atoms with Gasteiger partial charge in [0.2, 0.25) is 5.91 Å². The molecule has 1 amide bonds. The number of fused-ring (bicyclic) bond motifs is 2. The predicted molar refractivity (Wildman–Crippen MR) is 131 cm³/mol. The van der Waals surface area contributed by atoms with Gasteiger partial charge in [-0.15, -0.1) is 0 Å². The third-order valence-corrected chi connectivity index (χ3v) is 7.14. The van der Waals surface area contributed by atoms with Crippen LogP contribution in [0.1, 0.15) is 39.0 Å². The van der Waals surface area contributed by atoms with Gasteiger partial charge in [-0.2, -0.15) is 0 Å². The van der Waals surface area contributed by atoms with Gasteiger partial charge in [0, 0.05) is 36.6 Å². The summed E-state index contributed by atoms with van der Waals surface area (Å²) >= 11 is 0. The third kappa shape index (κ3) is 4.37. The average Bonchev–Trinajstić information content (AvgIpc) is 2.88. The van der Waals surface area contributed by atoms with Crippen LogP contribution >= 0.6 is 0 Å². The number of methoxy groups -OCH3 is 1. The van der Waals surface area contributed by atoms with E-state index in [4.69, 9.17) is 4.74 Å². The molecule has 5 rings (SSSR count). The Kier molecular flexibility index (Phi) is 6.31. The molecule has 184 valence electrons. The third-order valence-electron chi connectivity index (χ3n) is 7.14. The summed E-state index contributed by atoms with van der Waals surface area (Å²) < 4.78 is 20.4. The summed E-state index contributed by atoms with van der Waals surface area (Å²) in [5.74, 6) is -1.32. The van der Waals surface area contributed by atoms with Crippen LogP contribution < -0.4 is 4.74 Å². The van der Waals surface area contributed by atoms with Crippen molar-refractivity contribution in [2.45, 2.75) is 32.2 Å². The lowest BCUT2D eigenvalue weighted by Crippen LogP contribution is -2.42. The second kappa shape index (κ2) is 9.57. The Morgan fingerprint density at radius 3 is 2.61 bits per heavy atom. The molecule has 0 spiro atoms. The number of rotatable bonds is 5. The van der Waals surface area contributed by atoms with Crippen LogP contribution in [0.3, 0.4) is 0 Å². The number of nitrogens with zero attached hydrogens (tertiary/aromatic N) is 1. The average molecular weight is 488 g/mol. The summed E-state index contributed by atoms with van der Waals surface area (Å²) in [5.41, 5.74) is 4.76. The summed E-state index contributed by atoms with van der Waals surface area (Å²) in [4.78, 5) is 39.2. The van der Waals surface area contributed by atoms with Gasteiger partial charge in [-0.05, 0) is 58.9 Å². The number of carboxylic acid groups (broad SMARTS) is 1. The molecular formula is C29H26FNO5. The number of aliphatic carboxylic acids is 1. The van der Waals surface area contributed by atoms with Gasteiger partial charge in [0.05, 0.1) is 13.5 Å². The molecule has 1 N–H and O–H groups in total. The molecular weight excluding hydrogens is 461 g/mol. The number of amides is 1. The van der Waals surface area contributed by atoms with E-state index in [-0.39, 0.29) is 36.9 Å². The minimum atomic E-state index is -0.951. The smallest absolute Gasteiger partial charge is 0.307 e. The van der Waals surface area contributed by atoms with Gasteiger partial charge in [0.25, 0.3) is 0 Å². The topological polar surface area (TPSA) is 83.9 Å². The monoisotopic (exact) mass is 487 g/mol. The zero-order valence-corrected chi connectivity index (χ0v) is 19.9. The van der Waals surface area contributed by atoms with Crippen molar-refractivity contribution >= 4 is 17.7 Å². The predicted octanol–water partition coefficient (Wildman–Crippen LogP) is 4.46. The number of halogens is 1. The molecule has 2 aliphatic rings. The van der Waals surface area contributed by atoms with Crippen LogP contribution in [0.4, 0.5) is 4.39 Å². The van der Waals surface area contributed by atoms with Crippen molar-refractivity contribution in [2.24, 2.45) is 5.92 Å². The number of benzene rings is 3. The van der Waals surface area contributed by atoms with Crippen LogP contribution in [0, 0.1) is 11.7 Å². The fourth-order valence-electron chi connectivity index (χ4n) is 5.40. The van der Waals surface area contributed by atoms with Crippen LogP contribution in [0.5, 0.6) is 5.75 Å². The fraction of sp³-hybridized carbons (Fsp3) is 0.276. The Morgan fingerprint density at radius 1 is 1.03 bits per heavy atom. The number of carbonyl (C=O) groups is 3. The van der Waals surface area contributed by atoms with Gasteiger partial charge in [-0.1, -0.05) is 36.4 Å². The normalized spacial score (nSPS) is 16.8. The lowest BCUT2D eigenvalue weighted by molar-refractivity contribution is -0.137. The van der Waals surface area contributed by atoms with E-state index in [2.05, 4.69) is 0 Å². The number of carbonyl (C=O) groups excluding carboxylic acids is 2. The molecule has 1 atom stereocenters. The highest BCUT2D eigenvalue weighted by atomic mass is 19.1. The fourth-order valence-corrected chi connectivity index (χ4v) is 5.40. The first-order chi connectivity index (χ1) is 17.4. The van der Waals surface area contributed by atoms with Gasteiger partial charge in [0.15, 0.2) is 5.78 Å². The lowest BCUT2D eigenvalue weighted by atomic mass is 9.81. The summed E-state index contributed by atoms with van der Waals surface area (Å²) in [5, 5.41) is 9.23. The standard InChI is InChI=1S/C29H26FNO5/c1-36-27-9-6-17(13-28(33)34)12-23(27)21-7-8-25(30)22-10-11-31(16-24(21)22)29(35)19-14-18-4-2-3-5-20(18)26(32)15-19/h2-9,12,19H,10-11,13-16H2,1H3,(H,33,34). The van der Waals surface area contributed by atoms with Gasteiger partial charge >= 0.3 is 5.97 Å². The minimum absolute atomic E-state index is 0.0284. The molecule has 0 aromatic heterocycles. The van der Waals surface area contributed by atoms with Crippen molar-refractivity contribution in [3.63, 3.8) is 0 Å². The largest absolute Gasteiger partial charge is 0.496 e. The first kappa shape index (κ1) is 23.7. The van der Waals surface area contributed by atoms with E-state index in [9.17, 15) is 23.9 Å². The highest BCUT2D eigenvalue weighted by molar-refractivity contribution is 6.01. The van der Waals surface area contributed by atoms with E-state index >= 15 is 0 Å². The molecule has 1 unspecified atom stereocenters. The summed E-state index contributed by atoms with van der Waals surface area (Å²) in [6.45, 7) is 0.578. The number of carboxylic acids is 1. The Labute approximate surface area is 208 Å². The molecule has 1 aliphatic carbocycles. The number of Topliss-reactive ketones (excluding diaryl/α,β-unsaturated/α-hetero) is 1. The molecule has 6 nitrogen and oxygen atoms in total. The first-order valence-corrected chi connectivity index (χ1v) is 11.9. The van der Waals surface area contributed by atoms with E-state index < -0.39 is 11.9 Å². The molecule has 36 heavy (non-hydrogen) atoms. The number of ether oxygens (including phenoxy) is 1. The van der Waals surface area contributed by atoms with Crippen molar-refractivity contribution in [2.75, 3.05) is 13.7 Å². The zero-order chi connectivity index (χ0) is 25.4. The zero-order valence-electron chi connectivity index (χ0n) is 19.9. The lowest BCUT2D eigenvalue weighted by Gasteiger charge is -2.34. The highest BCUT2D eigenvalue weighted by Gasteiger charge is 2.34. The van der Waals surface area contributed by atoms with Crippen molar-refractivity contribution in [1.29, 1.82) is 0 Å².